The van der Waals surface area contributed by atoms with E-state index in [2.05, 4.69) is 59.4 Å². The minimum absolute atomic E-state index is 1.08. The van der Waals surface area contributed by atoms with E-state index in [1.165, 1.54) is 6.54 Å². The fraction of sp³-hybridized carbons (Fsp3) is 1.00. The first-order valence-electron chi connectivity index (χ1n) is 4.53. The van der Waals surface area contributed by atoms with Gasteiger partial charge >= 0.3 is 0 Å². The van der Waals surface area contributed by atoms with Gasteiger partial charge in [0.2, 0.25) is 0 Å². The van der Waals surface area contributed by atoms with Crippen LogP contribution in [0.5, 0.6) is 0 Å². The number of nitrogens with zero attached hydrogens (tertiary/aromatic N) is 1. The molecule has 0 aromatic carbocycles. The first kappa shape index (κ1) is 12.9. The van der Waals surface area contributed by atoms with Crippen molar-refractivity contribution >= 4 is 32.4 Å². The molecule has 0 aromatic heterocycles. The van der Waals surface area contributed by atoms with Gasteiger partial charge < -0.3 is 4.23 Å². The molecule has 0 heterocycles. The van der Waals surface area contributed by atoms with Crippen LogP contribution in [-0.2, 0) is 0 Å². The standard InChI is InChI=1S/C8H22BrNSi2/c1-11(2,3)10(8-7-9)12(4,5)6/h7-8H2,1-6H3. The molecule has 0 saturated carbocycles. The predicted molar refractivity (Wildman–Crippen MR) is 67.2 cm³/mol. The molecular formula is C8H22BrNSi2. The lowest BCUT2D eigenvalue weighted by Crippen LogP contribution is -2.59. The quantitative estimate of drug-likeness (QED) is 0.558. The zero-order chi connectivity index (χ0) is 9.99. The fourth-order valence-electron chi connectivity index (χ4n) is 1.76. The van der Waals surface area contributed by atoms with Crippen molar-refractivity contribution in [3.05, 3.63) is 0 Å². The molecule has 0 aliphatic carbocycles. The van der Waals surface area contributed by atoms with Crippen LogP contribution < -0.4 is 0 Å². The van der Waals surface area contributed by atoms with Crippen molar-refractivity contribution in [3.8, 4) is 0 Å². The zero-order valence-electron chi connectivity index (χ0n) is 9.24. The number of rotatable bonds is 4. The first-order chi connectivity index (χ1) is 5.19. The van der Waals surface area contributed by atoms with E-state index in [1.807, 2.05) is 0 Å². The number of hydrogen-bond acceptors (Lipinski definition) is 1. The zero-order valence-corrected chi connectivity index (χ0v) is 12.8. The highest BCUT2D eigenvalue weighted by atomic mass is 79.9. The number of halogens is 1. The van der Waals surface area contributed by atoms with Gasteiger partial charge in [-0.05, 0) is 6.54 Å². The smallest absolute Gasteiger partial charge is 0.112 e. The van der Waals surface area contributed by atoms with Crippen LogP contribution in [-0.4, -0.2) is 32.6 Å². The summed E-state index contributed by atoms with van der Waals surface area (Å²) < 4.78 is 2.79. The molecule has 0 unspecified atom stereocenters. The maximum Gasteiger partial charge on any atom is 0.112 e. The normalized spacial score (nSPS) is 14.0. The lowest BCUT2D eigenvalue weighted by atomic mass is 10.8. The summed E-state index contributed by atoms with van der Waals surface area (Å²) in [7, 11) is -2.16. The van der Waals surface area contributed by atoms with E-state index in [0.717, 1.165) is 5.33 Å². The molecule has 12 heavy (non-hydrogen) atoms. The van der Waals surface area contributed by atoms with Crippen LogP contribution in [0, 0.1) is 0 Å². The van der Waals surface area contributed by atoms with Gasteiger partial charge in [0.05, 0.1) is 0 Å². The molecule has 0 aliphatic heterocycles. The van der Waals surface area contributed by atoms with Crippen molar-refractivity contribution in [1.82, 2.24) is 4.23 Å². The largest absolute Gasteiger partial charge is 0.345 e. The molecule has 4 heteroatoms. The highest BCUT2D eigenvalue weighted by Crippen LogP contribution is 2.19. The second-order valence-electron chi connectivity index (χ2n) is 5.18. The molecule has 0 aromatic rings. The topological polar surface area (TPSA) is 3.24 Å². The van der Waals surface area contributed by atoms with Gasteiger partial charge in [0, 0.05) is 5.33 Å². The highest BCUT2D eigenvalue weighted by molar-refractivity contribution is 9.09. The Morgan fingerprint density at radius 1 is 0.917 bits per heavy atom. The van der Waals surface area contributed by atoms with Gasteiger partial charge in [0.15, 0.2) is 0 Å². The van der Waals surface area contributed by atoms with Crippen LogP contribution in [0.3, 0.4) is 0 Å². The molecule has 0 saturated heterocycles. The molecule has 0 amide bonds. The number of alkyl halides is 1. The van der Waals surface area contributed by atoms with Gasteiger partial charge in [-0.3, -0.25) is 0 Å². The molecule has 0 bridgehead atoms. The first-order valence-corrected chi connectivity index (χ1v) is 12.5. The molecule has 0 N–H and O–H groups in total. The third kappa shape index (κ3) is 4.21. The summed E-state index contributed by atoms with van der Waals surface area (Å²) in [4.78, 5) is 0. The van der Waals surface area contributed by atoms with Crippen LogP contribution in [0.1, 0.15) is 0 Å². The van der Waals surface area contributed by atoms with Gasteiger partial charge in [0.25, 0.3) is 0 Å². The van der Waals surface area contributed by atoms with E-state index in [0.29, 0.717) is 0 Å². The Morgan fingerprint density at radius 3 is 1.33 bits per heavy atom. The average molecular weight is 268 g/mol. The molecule has 0 atom stereocenters. The average Bonchev–Trinajstić information content (AvgIpc) is 1.77. The van der Waals surface area contributed by atoms with Crippen molar-refractivity contribution in [3.63, 3.8) is 0 Å². The van der Waals surface area contributed by atoms with Crippen LogP contribution in [0.15, 0.2) is 0 Å². The minimum atomic E-state index is -1.08. The summed E-state index contributed by atoms with van der Waals surface area (Å²) >= 11 is 3.54. The third-order valence-electron chi connectivity index (χ3n) is 1.93. The van der Waals surface area contributed by atoms with E-state index < -0.39 is 16.5 Å². The molecule has 0 radical (unpaired) electrons. The summed E-state index contributed by atoms with van der Waals surface area (Å²) in [6.45, 7) is 15.9. The van der Waals surface area contributed by atoms with E-state index in [-0.39, 0.29) is 0 Å². The monoisotopic (exact) mass is 267 g/mol. The fourth-order valence-corrected chi connectivity index (χ4v) is 12.4. The Kier molecular flexibility index (Phi) is 4.71. The second kappa shape index (κ2) is 4.39. The summed E-state index contributed by atoms with van der Waals surface area (Å²) in [5.74, 6) is 0. The lowest BCUT2D eigenvalue weighted by Gasteiger charge is -2.43. The number of hydrogen-bond donors (Lipinski definition) is 0. The lowest BCUT2D eigenvalue weighted by molar-refractivity contribution is 0.659. The predicted octanol–water partition coefficient (Wildman–Crippen LogP) is 3.35. The van der Waals surface area contributed by atoms with Crippen molar-refractivity contribution in [1.29, 1.82) is 0 Å². The van der Waals surface area contributed by atoms with Crippen molar-refractivity contribution in [2.75, 3.05) is 11.9 Å². The van der Waals surface area contributed by atoms with E-state index >= 15 is 0 Å². The summed E-state index contributed by atoms with van der Waals surface area (Å²) in [6.07, 6.45) is 0. The second-order valence-corrected chi connectivity index (χ2v) is 16.2. The molecular weight excluding hydrogens is 246 g/mol. The van der Waals surface area contributed by atoms with Crippen LogP contribution >= 0.6 is 15.9 Å². The minimum Gasteiger partial charge on any atom is -0.345 e. The van der Waals surface area contributed by atoms with Gasteiger partial charge in [-0.2, -0.15) is 0 Å². The van der Waals surface area contributed by atoms with Gasteiger partial charge in [-0.15, -0.1) is 0 Å². The molecule has 0 fully saturated rings. The van der Waals surface area contributed by atoms with Crippen LogP contribution in [0.4, 0.5) is 0 Å². The molecule has 0 rings (SSSR count). The Hall–Kier alpha value is 0.874. The molecule has 1 nitrogen and oxygen atoms in total. The molecule has 0 aliphatic rings. The summed E-state index contributed by atoms with van der Waals surface area (Å²) in [5.41, 5.74) is 0. The highest BCUT2D eigenvalue weighted by Gasteiger charge is 2.33. The Bertz CT molecular complexity index is 123. The van der Waals surface area contributed by atoms with E-state index in [1.54, 1.807) is 0 Å². The van der Waals surface area contributed by atoms with Crippen LogP contribution in [0.25, 0.3) is 0 Å². The van der Waals surface area contributed by atoms with Crippen molar-refractivity contribution in [2.24, 2.45) is 0 Å². The summed E-state index contributed by atoms with van der Waals surface area (Å²) in [5, 5.41) is 1.11. The maximum absolute atomic E-state index is 3.54. The molecule has 74 valence electrons. The summed E-state index contributed by atoms with van der Waals surface area (Å²) in [6, 6.07) is 0. The van der Waals surface area contributed by atoms with Crippen molar-refractivity contribution in [2.45, 2.75) is 39.3 Å². The van der Waals surface area contributed by atoms with Gasteiger partial charge in [-0.25, -0.2) is 0 Å². The van der Waals surface area contributed by atoms with E-state index in [4.69, 9.17) is 0 Å². The molecule has 0 spiro atoms. The Labute approximate surface area is 87.8 Å². The third-order valence-corrected chi connectivity index (χ3v) is 9.99. The van der Waals surface area contributed by atoms with Gasteiger partial charge in [0.1, 0.15) is 16.5 Å². The van der Waals surface area contributed by atoms with E-state index in [9.17, 15) is 0 Å². The van der Waals surface area contributed by atoms with Crippen molar-refractivity contribution < 1.29 is 0 Å². The SMILES string of the molecule is C[Si](C)(C)N(CCBr)[Si](C)(C)C. The Balaban J connectivity index is 4.45. The maximum atomic E-state index is 3.54. The van der Waals surface area contributed by atoms with Crippen LogP contribution in [0.2, 0.25) is 39.3 Å². The van der Waals surface area contributed by atoms with Gasteiger partial charge in [-0.1, -0.05) is 55.2 Å². The Morgan fingerprint density at radius 2 is 1.25 bits per heavy atom.